The summed E-state index contributed by atoms with van der Waals surface area (Å²) >= 11 is 2.04. The molecule has 2 nitrogen and oxygen atoms in total. The van der Waals surface area contributed by atoms with Gasteiger partial charge in [-0.1, -0.05) is 42.5 Å². The molecule has 0 saturated carbocycles. The minimum atomic E-state index is 0.354. The number of hydrogen-bond donors (Lipinski definition) is 1. The van der Waals surface area contributed by atoms with E-state index < -0.39 is 0 Å². The molecular weight excluding hydrogens is 252 g/mol. The van der Waals surface area contributed by atoms with Crippen LogP contribution >= 0.6 is 11.8 Å². The van der Waals surface area contributed by atoms with Crippen molar-refractivity contribution in [3.8, 4) is 0 Å². The van der Waals surface area contributed by atoms with Crippen LogP contribution in [-0.2, 0) is 0 Å². The summed E-state index contributed by atoms with van der Waals surface area (Å²) in [6, 6.07) is 15.5. The van der Waals surface area contributed by atoms with Crippen LogP contribution in [0.25, 0.3) is 10.8 Å². The summed E-state index contributed by atoms with van der Waals surface area (Å²) < 4.78 is 0. The van der Waals surface area contributed by atoms with Gasteiger partial charge in [0.15, 0.2) is 0 Å². The Morgan fingerprint density at radius 3 is 2.58 bits per heavy atom. The number of thioether (sulfide) groups is 1. The lowest BCUT2D eigenvalue weighted by molar-refractivity contribution is 0.224. The molecule has 0 spiro atoms. The van der Waals surface area contributed by atoms with Crippen LogP contribution in [0.3, 0.4) is 0 Å². The van der Waals surface area contributed by atoms with Gasteiger partial charge >= 0.3 is 0 Å². The molecule has 1 fully saturated rings. The molecule has 2 aromatic rings. The summed E-state index contributed by atoms with van der Waals surface area (Å²) in [5.41, 5.74) is 7.46. The standard InChI is InChI=1S/C16H20N2S/c17-12-16(18-8-10-19-11-9-18)15-7-3-5-13-4-1-2-6-14(13)15/h1-7,16H,8-12,17H2. The van der Waals surface area contributed by atoms with E-state index in [-0.39, 0.29) is 0 Å². The average Bonchev–Trinajstić information content (AvgIpc) is 2.49. The second-order valence-corrected chi connectivity index (χ2v) is 6.19. The fraction of sp³-hybridized carbons (Fsp3) is 0.375. The first kappa shape index (κ1) is 13.0. The van der Waals surface area contributed by atoms with E-state index in [4.69, 9.17) is 5.73 Å². The quantitative estimate of drug-likeness (QED) is 0.931. The molecular formula is C16H20N2S. The Morgan fingerprint density at radius 2 is 1.79 bits per heavy atom. The van der Waals surface area contributed by atoms with Gasteiger partial charge in [0.05, 0.1) is 0 Å². The summed E-state index contributed by atoms with van der Waals surface area (Å²) in [6.45, 7) is 2.99. The topological polar surface area (TPSA) is 29.3 Å². The number of nitrogens with zero attached hydrogens (tertiary/aromatic N) is 1. The molecule has 1 heterocycles. The molecule has 3 heteroatoms. The maximum Gasteiger partial charge on any atom is 0.0477 e. The molecule has 0 aliphatic carbocycles. The molecule has 0 radical (unpaired) electrons. The predicted molar refractivity (Wildman–Crippen MR) is 84.6 cm³/mol. The second-order valence-electron chi connectivity index (χ2n) is 4.97. The maximum absolute atomic E-state index is 6.08. The predicted octanol–water partition coefficient (Wildman–Crippen LogP) is 2.89. The van der Waals surface area contributed by atoms with E-state index in [9.17, 15) is 0 Å². The number of hydrogen-bond acceptors (Lipinski definition) is 3. The Hall–Kier alpha value is -1.03. The fourth-order valence-electron chi connectivity index (χ4n) is 2.90. The molecule has 0 aromatic heterocycles. The first-order valence-electron chi connectivity index (χ1n) is 6.89. The molecule has 1 aliphatic heterocycles. The lowest BCUT2D eigenvalue weighted by atomic mass is 9.97. The van der Waals surface area contributed by atoms with Crippen molar-refractivity contribution in [3.63, 3.8) is 0 Å². The van der Waals surface area contributed by atoms with Gasteiger partial charge in [0, 0.05) is 37.2 Å². The van der Waals surface area contributed by atoms with E-state index in [0.717, 1.165) is 13.1 Å². The van der Waals surface area contributed by atoms with Gasteiger partial charge in [0.1, 0.15) is 0 Å². The van der Waals surface area contributed by atoms with Crippen molar-refractivity contribution in [1.29, 1.82) is 0 Å². The molecule has 100 valence electrons. The molecule has 1 saturated heterocycles. The van der Waals surface area contributed by atoms with Gasteiger partial charge in [-0.05, 0) is 16.3 Å². The van der Waals surface area contributed by atoms with Gasteiger partial charge in [0.2, 0.25) is 0 Å². The third-order valence-corrected chi connectivity index (χ3v) is 4.83. The highest BCUT2D eigenvalue weighted by Gasteiger charge is 2.22. The molecule has 1 atom stereocenters. The highest BCUT2D eigenvalue weighted by atomic mass is 32.2. The van der Waals surface area contributed by atoms with Gasteiger partial charge in [-0.3, -0.25) is 4.90 Å². The zero-order valence-corrected chi connectivity index (χ0v) is 11.9. The molecule has 0 bridgehead atoms. The Morgan fingerprint density at radius 1 is 1.05 bits per heavy atom. The molecule has 2 N–H and O–H groups in total. The number of fused-ring (bicyclic) bond motifs is 1. The third kappa shape index (κ3) is 2.64. The van der Waals surface area contributed by atoms with E-state index in [1.807, 2.05) is 11.8 Å². The van der Waals surface area contributed by atoms with Crippen LogP contribution in [0.4, 0.5) is 0 Å². The first-order valence-corrected chi connectivity index (χ1v) is 8.05. The maximum atomic E-state index is 6.08. The van der Waals surface area contributed by atoms with Gasteiger partial charge in [0.25, 0.3) is 0 Å². The zero-order valence-electron chi connectivity index (χ0n) is 11.1. The van der Waals surface area contributed by atoms with E-state index in [1.165, 1.54) is 27.8 Å². The summed E-state index contributed by atoms with van der Waals surface area (Å²) in [5.74, 6) is 2.45. The molecule has 19 heavy (non-hydrogen) atoms. The van der Waals surface area contributed by atoms with Crippen LogP contribution in [0.15, 0.2) is 42.5 Å². The van der Waals surface area contributed by atoms with Crippen LogP contribution in [0.1, 0.15) is 11.6 Å². The Labute approximate surface area is 119 Å². The number of nitrogens with two attached hydrogens (primary N) is 1. The molecule has 1 unspecified atom stereocenters. The highest BCUT2D eigenvalue weighted by Crippen LogP contribution is 2.29. The first-order chi connectivity index (χ1) is 9.40. The van der Waals surface area contributed by atoms with Gasteiger partial charge in [-0.25, -0.2) is 0 Å². The molecule has 3 rings (SSSR count). The second kappa shape index (κ2) is 5.95. The van der Waals surface area contributed by atoms with Crippen molar-refractivity contribution in [2.75, 3.05) is 31.1 Å². The normalized spacial score (nSPS) is 18.6. The summed E-state index contributed by atoms with van der Waals surface area (Å²) in [6.07, 6.45) is 0. The SMILES string of the molecule is NCC(c1cccc2ccccc12)N1CCSCC1. The summed E-state index contributed by atoms with van der Waals surface area (Å²) in [4.78, 5) is 2.54. The highest BCUT2D eigenvalue weighted by molar-refractivity contribution is 7.99. The lowest BCUT2D eigenvalue weighted by Crippen LogP contribution is -2.39. The van der Waals surface area contributed by atoms with Crippen molar-refractivity contribution in [2.24, 2.45) is 5.73 Å². The van der Waals surface area contributed by atoms with Crippen molar-refractivity contribution in [1.82, 2.24) is 4.90 Å². The van der Waals surface area contributed by atoms with Gasteiger partial charge in [-0.15, -0.1) is 0 Å². The number of rotatable bonds is 3. The van der Waals surface area contributed by atoms with Crippen molar-refractivity contribution < 1.29 is 0 Å². The molecule has 1 aliphatic rings. The van der Waals surface area contributed by atoms with Gasteiger partial charge in [-0.2, -0.15) is 11.8 Å². The van der Waals surface area contributed by atoms with E-state index in [1.54, 1.807) is 0 Å². The van der Waals surface area contributed by atoms with Crippen LogP contribution < -0.4 is 5.73 Å². The lowest BCUT2D eigenvalue weighted by Gasteiger charge is -2.34. The zero-order chi connectivity index (χ0) is 13.1. The van der Waals surface area contributed by atoms with E-state index in [2.05, 4.69) is 47.4 Å². The fourth-order valence-corrected chi connectivity index (χ4v) is 3.83. The third-order valence-electron chi connectivity index (χ3n) is 3.89. The summed E-state index contributed by atoms with van der Waals surface area (Å²) in [7, 11) is 0. The van der Waals surface area contributed by atoms with Crippen molar-refractivity contribution in [2.45, 2.75) is 6.04 Å². The molecule has 0 amide bonds. The summed E-state index contributed by atoms with van der Waals surface area (Å²) in [5, 5.41) is 2.66. The van der Waals surface area contributed by atoms with Crippen LogP contribution in [0.2, 0.25) is 0 Å². The van der Waals surface area contributed by atoms with Gasteiger partial charge < -0.3 is 5.73 Å². The number of benzene rings is 2. The van der Waals surface area contributed by atoms with E-state index >= 15 is 0 Å². The van der Waals surface area contributed by atoms with Crippen LogP contribution in [0, 0.1) is 0 Å². The van der Waals surface area contributed by atoms with Crippen LogP contribution in [-0.4, -0.2) is 36.0 Å². The molecule has 2 aromatic carbocycles. The minimum absolute atomic E-state index is 0.354. The Kier molecular flexibility index (Phi) is 4.06. The minimum Gasteiger partial charge on any atom is -0.329 e. The van der Waals surface area contributed by atoms with Crippen molar-refractivity contribution in [3.05, 3.63) is 48.0 Å². The Bertz CT molecular complexity index is 544. The monoisotopic (exact) mass is 272 g/mol. The smallest absolute Gasteiger partial charge is 0.0477 e. The van der Waals surface area contributed by atoms with E-state index in [0.29, 0.717) is 12.6 Å². The average molecular weight is 272 g/mol. The Balaban J connectivity index is 2.00. The largest absolute Gasteiger partial charge is 0.329 e. The van der Waals surface area contributed by atoms with Crippen LogP contribution in [0.5, 0.6) is 0 Å². The van der Waals surface area contributed by atoms with Crippen molar-refractivity contribution >= 4 is 22.5 Å².